The fraction of sp³-hybridized carbons (Fsp3) is 0.864. The maximum atomic E-state index is 6.27. The third-order valence-corrected chi connectivity index (χ3v) is 5.39. The Balaban J connectivity index is 5.32. The molecule has 0 spiro atoms. The molecule has 0 saturated heterocycles. The van der Waals surface area contributed by atoms with Crippen molar-refractivity contribution in [1.29, 1.82) is 0 Å². The second kappa shape index (κ2) is 11.9. The minimum absolute atomic E-state index is 0.143. The average molecular weight is 352 g/mol. The molecule has 0 aliphatic carbocycles. The summed E-state index contributed by atoms with van der Waals surface area (Å²) in [6.45, 7) is 21.8. The number of nitrogens with two attached hydrogens (primary N) is 2. The van der Waals surface area contributed by atoms with Gasteiger partial charge in [0, 0.05) is 17.7 Å². The van der Waals surface area contributed by atoms with E-state index >= 15 is 0 Å². The summed E-state index contributed by atoms with van der Waals surface area (Å²) in [5.41, 5.74) is 13.3. The molecule has 0 saturated carbocycles. The molecule has 0 aliphatic heterocycles. The van der Waals surface area contributed by atoms with Crippen LogP contribution in [-0.2, 0) is 0 Å². The van der Waals surface area contributed by atoms with E-state index in [4.69, 9.17) is 16.5 Å². The Labute approximate surface area is 157 Å². The van der Waals surface area contributed by atoms with Crippen molar-refractivity contribution in [2.24, 2.45) is 45.5 Å². The van der Waals surface area contributed by atoms with Gasteiger partial charge in [0.05, 0.1) is 6.54 Å². The Morgan fingerprint density at radius 2 is 1.76 bits per heavy atom. The zero-order chi connectivity index (χ0) is 19.6. The molecule has 4 unspecified atom stereocenters. The molecule has 0 aromatic heterocycles. The lowest BCUT2D eigenvalue weighted by Crippen LogP contribution is -2.38. The van der Waals surface area contributed by atoms with E-state index in [0.717, 1.165) is 38.8 Å². The van der Waals surface area contributed by atoms with Crippen molar-refractivity contribution in [2.45, 2.75) is 80.2 Å². The van der Waals surface area contributed by atoms with Crippen LogP contribution in [0.4, 0.5) is 0 Å². The Morgan fingerprint density at radius 1 is 1.16 bits per heavy atom. The summed E-state index contributed by atoms with van der Waals surface area (Å²) in [5.74, 6) is 2.05. The fourth-order valence-electron chi connectivity index (χ4n) is 4.21. The topological polar surface area (TPSA) is 64.4 Å². The fourth-order valence-corrected chi connectivity index (χ4v) is 4.21. The predicted molar refractivity (Wildman–Crippen MR) is 114 cm³/mol. The van der Waals surface area contributed by atoms with Crippen LogP contribution in [0.2, 0.25) is 0 Å². The maximum Gasteiger partial charge on any atom is 0.0540 e. The number of hydrogen-bond acceptors (Lipinski definition) is 3. The van der Waals surface area contributed by atoms with Gasteiger partial charge in [-0.15, -0.1) is 6.58 Å². The maximum absolute atomic E-state index is 6.27. The zero-order valence-corrected chi connectivity index (χ0v) is 18.0. The van der Waals surface area contributed by atoms with Crippen LogP contribution in [0, 0.1) is 29.1 Å². The predicted octanol–water partition coefficient (Wildman–Crippen LogP) is 5.05. The van der Waals surface area contributed by atoms with Gasteiger partial charge in [-0.2, -0.15) is 0 Å². The molecule has 0 aliphatic rings. The van der Waals surface area contributed by atoms with Crippen molar-refractivity contribution in [3.05, 3.63) is 12.7 Å². The smallest absolute Gasteiger partial charge is 0.0540 e. The van der Waals surface area contributed by atoms with Crippen molar-refractivity contribution < 1.29 is 0 Å². The summed E-state index contributed by atoms with van der Waals surface area (Å²) in [4.78, 5) is 5.01. The minimum Gasteiger partial charge on any atom is -0.330 e. The summed E-state index contributed by atoms with van der Waals surface area (Å²) in [5, 5.41) is 0. The second-order valence-electron chi connectivity index (χ2n) is 8.99. The standard InChI is InChI=1S/C22H45N3/c1-9-19(16(3)4)17(5)21(22(6,7)8)20(10-2)25-15-18(24)13-11-12-14-23/h9,16-19,21H,1,10-15,23-24H2,2-8H3/b25-20+. The monoisotopic (exact) mass is 351 g/mol. The van der Waals surface area contributed by atoms with E-state index in [1.807, 2.05) is 0 Å². The van der Waals surface area contributed by atoms with Crippen molar-refractivity contribution in [3.8, 4) is 0 Å². The van der Waals surface area contributed by atoms with Gasteiger partial charge in [-0.1, -0.05) is 61.0 Å². The highest BCUT2D eigenvalue weighted by molar-refractivity contribution is 5.87. The number of nitrogens with zero attached hydrogens (tertiary/aromatic N) is 1. The van der Waals surface area contributed by atoms with Gasteiger partial charge >= 0.3 is 0 Å². The van der Waals surface area contributed by atoms with E-state index in [2.05, 4.69) is 61.1 Å². The first-order chi connectivity index (χ1) is 11.6. The molecule has 0 aromatic rings. The molecule has 3 heteroatoms. The van der Waals surface area contributed by atoms with Crippen molar-refractivity contribution in [1.82, 2.24) is 0 Å². The first-order valence-corrected chi connectivity index (χ1v) is 10.2. The quantitative estimate of drug-likeness (QED) is 0.293. The Kier molecular flexibility index (Phi) is 11.5. The first kappa shape index (κ1) is 24.3. The highest BCUT2D eigenvalue weighted by atomic mass is 14.8. The Bertz CT molecular complexity index is 393. The number of allylic oxidation sites excluding steroid dienone is 1. The third-order valence-electron chi connectivity index (χ3n) is 5.39. The largest absolute Gasteiger partial charge is 0.330 e. The summed E-state index contributed by atoms with van der Waals surface area (Å²) in [7, 11) is 0. The normalized spacial score (nSPS) is 18.1. The molecule has 0 rings (SSSR count). The molecular weight excluding hydrogens is 306 g/mol. The number of rotatable bonds is 12. The molecule has 0 fully saturated rings. The summed E-state index contributed by atoms with van der Waals surface area (Å²) >= 11 is 0. The van der Waals surface area contributed by atoms with Crippen LogP contribution in [-0.4, -0.2) is 24.8 Å². The lowest BCUT2D eigenvalue weighted by atomic mass is 9.65. The summed E-state index contributed by atoms with van der Waals surface area (Å²) < 4.78 is 0. The van der Waals surface area contributed by atoms with Crippen LogP contribution in [0.3, 0.4) is 0 Å². The van der Waals surface area contributed by atoms with E-state index in [9.17, 15) is 0 Å². The van der Waals surface area contributed by atoms with Crippen molar-refractivity contribution >= 4 is 5.71 Å². The van der Waals surface area contributed by atoms with Gasteiger partial charge in [0.2, 0.25) is 0 Å². The number of aliphatic imine (C=N–C) groups is 1. The highest BCUT2D eigenvalue weighted by Crippen LogP contribution is 2.40. The van der Waals surface area contributed by atoms with Crippen LogP contribution in [0.5, 0.6) is 0 Å². The molecule has 0 heterocycles. The Morgan fingerprint density at radius 3 is 2.16 bits per heavy atom. The van der Waals surface area contributed by atoms with Crippen LogP contribution >= 0.6 is 0 Å². The van der Waals surface area contributed by atoms with Crippen molar-refractivity contribution in [3.63, 3.8) is 0 Å². The van der Waals surface area contributed by atoms with E-state index in [-0.39, 0.29) is 11.5 Å². The van der Waals surface area contributed by atoms with Gasteiger partial charge < -0.3 is 11.5 Å². The zero-order valence-electron chi connectivity index (χ0n) is 18.0. The highest BCUT2D eigenvalue weighted by Gasteiger charge is 2.36. The molecule has 148 valence electrons. The van der Waals surface area contributed by atoms with E-state index < -0.39 is 0 Å². The van der Waals surface area contributed by atoms with E-state index in [1.165, 1.54) is 5.71 Å². The van der Waals surface area contributed by atoms with Crippen LogP contribution in [0.15, 0.2) is 17.6 Å². The molecule has 0 aromatic carbocycles. The minimum atomic E-state index is 0.143. The molecule has 0 amide bonds. The molecule has 3 nitrogen and oxygen atoms in total. The van der Waals surface area contributed by atoms with Crippen molar-refractivity contribution in [2.75, 3.05) is 13.1 Å². The Hall–Kier alpha value is -0.670. The lowest BCUT2D eigenvalue weighted by Gasteiger charge is -2.40. The van der Waals surface area contributed by atoms with Gasteiger partial charge in [-0.25, -0.2) is 0 Å². The molecule has 4 N–H and O–H groups in total. The molecular formula is C22H45N3. The van der Waals surface area contributed by atoms with Gasteiger partial charge in [-0.3, -0.25) is 4.99 Å². The molecule has 0 bridgehead atoms. The van der Waals surface area contributed by atoms with Gasteiger partial charge in [0.15, 0.2) is 0 Å². The lowest BCUT2D eigenvalue weighted by molar-refractivity contribution is 0.175. The van der Waals surface area contributed by atoms with E-state index in [0.29, 0.717) is 23.7 Å². The number of unbranched alkanes of at least 4 members (excludes halogenated alkanes) is 1. The van der Waals surface area contributed by atoms with Gasteiger partial charge in [0.25, 0.3) is 0 Å². The average Bonchev–Trinajstić information content (AvgIpc) is 2.50. The van der Waals surface area contributed by atoms with E-state index in [1.54, 1.807) is 0 Å². The second-order valence-corrected chi connectivity index (χ2v) is 8.99. The van der Waals surface area contributed by atoms with Gasteiger partial charge in [-0.05, 0) is 49.0 Å². The number of hydrogen-bond donors (Lipinski definition) is 2. The van der Waals surface area contributed by atoms with Gasteiger partial charge in [0.1, 0.15) is 0 Å². The van der Waals surface area contributed by atoms with Crippen LogP contribution in [0.25, 0.3) is 0 Å². The molecule has 25 heavy (non-hydrogen) atoms. The van der Waals surface area contributed by atoms with Crippen LogP contribution < -0.4 is 11.5 Å². The molecule has 4 atom stereocenters. The van der Waals surface area contributed by atoms with Crippen LogP contribution in [0.1, 0.15) is 74.1 Å². The summed E-state index contributed by atoms with van der Waals surface area (Å²) in [6, 6.07) is 0.143. The SMILES string of the molecule is C=CC(C(C)C)C(C)C(/C(CC)=N/CC(N)CCCCN)C(C)(C)C. The third kappa shape index (κ3) is 8.50. The first-order valence-electron chi connectivity index (χ1n) is 10.2. The summed E-state index contributed by atoms with van der Waals surface area (Å²) in [6.07, 6.45) is 6.28. The molecule has 0 radical (unpaired) electrons.